The molecule has 6 nitrogen and oxygen atoms in total. The Kier molecular flexibility index (Phi) is 6.81. The number of benzene rings is 7. The Hall–Kier alpha value is -8.01. The second-order valence-electron chi connectivity index (χ2n) is 14.6. The summed E-state index contributed by atoms with van der Waals surface area (Å²) >= 11 is 0. The van der Waals surface area contributed by atoms with E-state index in [-0.39, 0.29) is 0 Å². The number of terminal acetylenes is 1. The summed E-state index contributed by atoms with van der Waals surface area (Å²) in [7, 11) is 0. The van der Waals surface area contributed by atoms with Crippen LogP contribution in [0.4, 0.5) is 0 Å². The second-order valence-corrected chi connectivity index (χ2v) is 14.6. The van der Waals surface area contributed by atoms with E-state index in [0.29, 0.717) is 23.1 Å². The van der Waals surface area contributed by atoms with Gasteiger partial charge < -0.3 is 13.4 Å². The van der Waals surface area contributed by atoms with Gasteiger partial charge in [0.05, 0.1) is 44.2 Å². The maximum Gasteiger partial charge on any atom is 0.167 e. The molecule has 0 unspecified atom stereocenters. The molecule has 0 aliphatic heterocycles. The van der Waals surface area contributed by atoms with Gasteiger partial charge in [-0.2, -0.15) is 0 Å². The Morgan fingerprint density at radius 1 is 0.603 bits per heavy atom. The van der Waals surface area contributed by atoms with Crippen molar-refractivity contribution in [1.29, 1.82) is 0 Å². The number of allylic oxidation sites excluding steroid dienone is 4. The fourth-order valence-electron chi connectivity index (χ4n) is 9.11. The Labute approximate surface area is 332 Å². The number of hydrogen-bond acceptors (Lipinski definition) is 4. The van der Waals surface area contributed by atoms with E-state index >= 15 is 0 Å². The van der Waals surface area contributed by atoms with E-state index in [1.54, 1.807) is 6.08 Å². The third-order valence-corrected chi connectivity index (χ3v) is 11.6. The van der Waals surface area contributed by atoms with Crippen molar-refractivity contribution in [3.63, 3.8) is 0 Å². The van der Waals surface area contributed by atoms with Crippen molar-refractivity contribution in [3.05, 3.63) is 170 Å². The van der Waals surface area contributed by atoms with Crippen molar-refractivity contribution in [2.75, 3.05) is 0 Å². The summed E-state index contributed by atoms with van der Waals surface area (Å²) in [6.07, 6.45) is 11.1. The lowest BCUT2D eigenvalue weighted by molar-refractivity contribution is 0.670. The average molecular weight is 742 g/mol. The molecule has 0 radical (unpaired) electrons. The lowest BCUT2D eigenvalue weighted by Gasteiger charge is -2.13. The van der Waals surface area contributed by atoms with Crippen molar-refractivity contribution in [3.8, 4) is 40.8 Å². The van der Waals surface area contributed by atoms with E-state index in [4.69, 9.17) is 25.8 Å². The normalized spacial score (nSPS) is 12.6. The summed E-state index contributed by atoms with van der Waals surface area (Å²) in [5.74, 6) is 4.19. The van der Waals surface area contributed by atoms with E-state index in [0.717, 1.165) is 60.7 Å². The fraction of sp³-hybridized carbons (Fsp3) is 0.0192. The summed E-state index contributed by atoms with van der Waals surface area (Å²) in [5, 5.41) is 9.20. The molecule has 0 aliphatic carbocycles. The molecule has 5 heterocycles. The zero-order valence-corrected chi connectivity index (χ0v) is 31.3. The van der Waals surface area contributed by atoms with Crippen LogP contribution in [0.3, 0.4) is 0 Å². The third-order valence-electron chi connectivity index (χ3n) is 11.6. The van der Waals surface area contributed by atoms with Gasteiger partial charge in [-0.05, 0) is 61.5 Å². The third kappa shape index (κ3) is 4.47. The standard InChI is InChI=1S/C52H31N5O/c1-3-5-16-31(4-2)50-53-51(32-17-7-6-8-18-32)55-52(54-50)38-27-28-44(56-41-24-12-9-19-33(41)34-20-10-13-25-42(34)56)47-40-29-45-39(30-46(40)58-49(38)47)37-23-15-22-36-35-21-11-14-26-43(35)57(45)48(36)37/h1,4-30H,2H3/b16-5-,31-4+. The fourth-order valence-corrected chi connectivity index (χ4v) is 9.11. The molecule has 58 heavy (non-hydrogen) atoms. The van der Waals surface area contributed by atoms with Crippen LogP contribution in [0.5, 0.6) is 0 Å². The first kappa shape index (κ1) is 32.3. The molecule has 6 heteroatoms. The zero-order valence-electron chi connectivity index (χ0n) is 31.3. The molecule has 0 bridgehead atoms. The summed E-state index contributed by atoms with van der Waals surface area (Å²) < 4.78 is 11.9. The predicted octanol–water partition coefficient (Wildman–Crippen LogP) is 12.9. The number of hydrogen-bond donors (Lipinski definition) is 0. The molecule has 12 rings (SSSR count). The summed E-state index contributed by atoms with van der Waals surface area (Å²) in [6.45, 7) is 1.96. The van der Waals surface area contributed by atoms with Gasteiger partial charge in [0.1, 0.15) is 11.2 Å². The summed E-state index contributed by atoms with van der Waals surface area (Å²) in [4.78, 5) is 15.2. The molecule has 0 N–H and O–H groups in total. The predicted molar refractivity (Wildman–Crippen MR) is 239 cm³/mol. The van der Waals surface area contributed by atoms with Crippen molar-refractivity contribution < 1.29 is 4.42 Å². The Morgan fingerprint density at radius 2 is 1.24 bits per heavy atom. The lowest BCUT2D eigenvalue weighted by atomic mass is 10.0. The number of fused-ring (bicyclic) bond motifs is 12. The van der Waals surface area contributed by atoms with Gasteiger partial charge in [-0.25, -0.2) is 15.0 Å². The molecule has 7 aromatic carbocycles. The van der Waals surface area contributed by atoms with Gasteiger partial charge in [0.25, 0.3) is 0 Å². The molecule has 0 saturated carbocycles. The topological polar surface area (TPSA) is 61.2 Å². The number of furan rings is 1. The minimum Gasteiger partial charge on any atom is -0.455 e. The first-order chi connectivity index (χ1) is 28.7. The second kappa shape index (κ2) is 12.2. The Morgan fingerprint density at radius 3 is 1.97 bits per heavy atom. The highest BCUT2D eigenvalue weighted by Crippen LogP contribution is 2.46. The molecule has 0 fully saturated rings. The molecular formula is C52H31N5O. The minimum absolute atomic E-state index is 0.506. The summed E-state index contributed by atoms with van der Waals surface area (Å²) in [6, 6.07) is 51.3. The van der Waals surface area contributed by atoms with Crippen LogP contribution in [-0.2, 0) is 0 Å². The van der Waals surface area contributed by atoms with Crippen molar-refractivity contribution in [1.82, 2.24) is 23.9 Å². The number of para-hydroxylation sites is 4. The molecule has 0 saturated heterocycles. The number of nitrogens with zero attached hydrogens (tertiary/aromatic N) is 5. The highest BCUT2D eigenvalue weighted by atomic mass is 16.3. The van der Waals surface area contributed by atoms with Gasteiger partial charge in [-0.3, -0.25) is 0 Å². The van der Waals surface area contributed by atoms with Gasteiger partial charge in [-0.15, -0.1) is 6.42 Å². The van der Waals surface area contributed by atoms with Crippen LogP contribution < -0.4 is 0 Å². The number of rotatable bonds is 5. The van der Waals surface area contributed by atoms with E-state index in [1.807, 2.05) is 49.4 Å². The molecular weight excluding hydrogens is 711 g/mol. The van der Waals surface area contributed by atoms with Gasteiger partial charge in [0.15, 0.2) is 17.5 Å². The van der Waals surface area contributed by atoms with Crippen LogP contribution in [0.25, 0.3) is 116 Å². The van der Waals surface area contributed by atoms with Gasteiger partial charge in [0.2, 0.25) is 0 Å². The van der Waals surface area contributed by atoms with Gasteiger partial charge >= 0.3 is 0 Å². The molecule has 0 amide bonds. The van der Waals surface area contributed by atoms with Crippen molar-refractivity contribution in [2.45, 2.75) is 6.92 Å². The van der Waals surface area contributed by atoms with Crippen molar-refractivity contribution in [2.24, 2.45) is 0 Å². The van der Waals surface area contributed by atoms with Crippen LogP contribution in [0.2, 0.25) is 0 Å². The maximum absolute atomic E-state index is 7.14. The summed E-state index contributed by atoms with van der Waals surface area (Å²) in [5.41, 5.74) is 10.7. The van der Waals surface area contributed by atoms with Crippen molar-refractivity contribution >= 4 is 87.4 Å². The van der Waals surface area contributed by atoms with E-state index < -0.39 is 0 Å². The highest BCUT2D eigenvalue weighted by Gasteiger charge is 2.25. The first-order valence-corrected chi connectivity index (χ1v) is 19.4. The van der Waals surface area contributed by atoms with Crippen LogP contribution in [0, 0.1) is 12.3 Å². The van der Waals surface area contributed by atoms with E-state index in [9.17, 15) is 0 Å². The van der Waals surface area contributed by atoms with Gasteiger partial charge in [0, 0.05) is 48.8 Å². The molecule has 5 aromatic heterocycles. The van der Waals surface area contributed by atoms with Crippen LogP contribution >= 0.6 is 0 Å². The SMILES string of the molecule is C#C/C=C\C(=C/C)c1nc(-c2ccccc2)nc(-c2ccc(-n3c4ccccc4c4ccccc43)c3c2oc2cc4c5cccc6c7ccccc7n(c4cc23)c65)n1. The van der Waals surface area contributed by atoms with Crippen LogP contribution in [-0.4, -0.2) is 23.9 Å². The van der Waals surface area contributed by atoms with Crippen LogP contribution in [0.1, 0.15) is 12.7 Å². The smallest absolute Gasteiger partial charge is 0.167 e. The average Bonchev–Trinajstić information content (AvgIpc) is 4.02. The molecule has 270 valence electrons. The van der Waals surface area contributed by atoms with E-state index in [2.05, 4.69) is 130 Å². The largest absolute Gasteiger partial charge is 0.455 e. The van der Waals surface area contributed by atoms with Gasteiger partial charge in [-0.1, -0.05) is 115 Å². The quantitative estimate of drug-likeness (QED) is 0.130. The zero-order chi connectivity index (χ0) is 38.5. The lowest BCUT2D eigenvalue weighted by Crippen LogP contribution is -2.03. The molecule has 0 spiro atoms. The monoisotopic (exact) mass is 741 g/mol. The number of aromatic nitrogens is 5. The van der Waals surface area contributed by atoms with Crippen LogP contribution in [0.15, 0.2) is 168 Å². The first-order valence-electron chi connectivity index (χ1n) is 19.4. The molecule has 0 atom stereocenters. The molecule has 12 aromatic rings. The Balaban J connectivity index is 1.23. The van der Waals surface area contributed by atoms with E-state index in [1.165, 1.54) is 38.0 Å². The highest BCUT2D eigenvalue weighted by molar-refractivity contribution is 6.26. The maximum atomic E-state index is 7.14. The molecule has 0 aliphatic rings. The minimum atomic E-state index is 0.506. The Bertz CT molecular complexity index is 3710.